The number of carbonyl (C=O) groups excluding carboxylic acids is 2. The van der Waals surface area contributed by atoms with Crippen LogP contribution in [0.2, 0.25) is 0 Å². The molecule has 0 aromatic heterocycles. The Labute approximate surface area is 166 Å². The second-order valence-electron chi connectivity index (χ2n) is 6.75. The highest BCUT2D eigenvalue weighted by molar-refractivity contribution is 5.91. The van der Waals surface area contributed by atoms with Gasteiger partial charge in [0.2, 0.25) is 5.91 Å². The van der Waals surface area contributed by atoms with E-state index in [1.54, 1.807) is 4.90 Å². The SMILES string of the molecule is CCOC(=O)N1CCN(c2ccc(NC(=O)CCc3ccccc3)cc2)CC1. The lowest BCUT2D eigenvalue weighted by Crippen LogP contribution is -2.49. The first-order valence-corrected chi connectivity index (χ1v) is 9.76. The van der Waals surface area contributed by atoms with Crippen LogP contribution >= 0.6 is 0 Å². The lowest BCUT2D eigenvalue weighted by molar-refractivity contribution is -0.116. The Hall–Kier alpha value is -3.02. The summed E-state index contributed by atoms with van der Waals surface area (Å²) in [6.07, 6.45) is 0.951. The molecule has 6 heteroatoms. The van der Waals surface area contributed by atoms with Gasteiger partial charge in [-0.15, -0.1) is 0 Å². The van der Waals surface area contributed by atoms with Crippen LogP contribution in [0.25, 0.3) is 0 Å². The number of carbonyl (C=O) groups is 2. The van der Waals surface area contributed by atoms with Gasteiger partial charge in [-0.3, -0.25) is 4.79 Å². The van der Waals surface area contributed by atoms with Crippen molar-refractivity contribution >= 4 is 23.4 Å². The van der Waals surface area contributed by atoms with Crippen LogP contribution in [-0.4, -0.2) is 49.7 Å². The van der Waals surface area contributed by atoms with E-state index in [0.717, 1.165) is 36.4 Å². The van der Waals surface area contributed by atoms with Gasteiger partial charge < -0.3 is 19.9 Å². The molecular formula is C22H27N3O3. The quantitative estimate of drug-likeness (QED) is 0.831. The number of rotatable bonds is 6. The molecule has 0 atom stereocenters. The van der Waals surface area contributed by atoms with Crippen molar-refractivity contribution in [1.82, 2.24) is 4.90 Å². The normalized spacial score (nSPS) is 13.9. The Morgan fingerprint density at radius 3 is 2.29 bits per heavy atom. The zero-order valence-corrected chi connectivity index (χ0v) is 16.3. The van der Waals surface area contributed by atoms with Crippen molar-refractivity contribution in [3.8, 4) is 0 Å². The molecule has 0 bridgehead atoms. The molecule has 0 unspecified atom stereocenters. The summed E-state index contributed by atoms with van der Waals surface area (Å²) in [5, 5.41) is 2.95. The summed E-state index contributed by atoms with van der Waals surface area (Å²) in [6, 6.07) is 17.9. The van der Waals surface area contributed by atoms with Gasteiger partial charge in [-0.25, -0.2) is 4.79 Å². The number of amides is 2. The van der Waals surface area contributed by atoms with Crippen LogP contribution in [0.4, 0.5) is 16.2 Å². The predicted octanol–water partition coefficient (Wildman–Crippen LogP) is 3.54. The molecule has 148 valence electrons. The highest BCUT2D eigenvalue weighted by Gasteiger charge is 2.21. The van der Waals surface area contributed by atoms with Crippen molar-refractivity contribution in [2.24, 2.45) is 0 Å². The van der Waals surface area contributed by atoms with E-state index in [1.807, 2.05) is 61.5 Å². The maximum atomic E-state index is 12.2. The Bertz CT molecular complexity index is 769. The van der Waals surface area contributed by atoms with Crippen molar-refractivity contribution in [3.05, 3.63) is 60.2 Å². The molecule has 0 aliphatic carbocycles. The summed E-state index contributed by atoms with van der Waals surface area (Å²) in [5.74, 6) is 0.0136. The van der Waals surface area contributed by atoms with Crippen molar-refractivity contribution in [2.75, 3.05) is 43.0 Å². The molecular weight excluding hydrogens is 354 g/mol. The van der Waals surface area contributed by atoms with E-state index in [1.165, 1.54) is 0 Å². The fourth-order valence-corrected chi connectivity index (χ4v) is 3.24. The number of nitrogens with zero attached hydrogens (tertiary/aromatic N) is 2. The number of ether oxygens (including phenoxy) is 1. The van der Waals surface area contributed by atoms with Gasteiger partial charge in [-0.05, 0) is 43.2 Å². The maximum Gasteiger partial charge on any atom is 0.409 e. The smallest absolute Gasteiger partial charge is 0.409 e. The molecule has 1 aliphatic rings. The monoisotopic (exact) mass is 381 g/mol. The van der Waals surface area contributed by atoms with E-state index in [-0.39, 0.29) is 12.0 Å². The third-order valence-electron chi connectivity index (χ3n) is 4.81. The van der Waals surface area contributed by atoms with E-state index in [0.29, 0.717) is 26.1 Å². The molecule has 6 nitrogen and oxygen atoms in total. The van der Waals surface area contributed by atoms with Crippen LogP contribution in [0.5, 0.6) is 0 Å². The van der Waals surface area contributed by atoms with E-state index < -0.39 is 0 Å². The molecule has 0 spiro atoms. The summed E-state index contributed by atoms with van der Waals surface area (Å²) in [6.45, 7) is 5.05. The number of piperazine rings is 1. The van der Waals surface area contributed by atoms with Gasteiger partial charge in [0.15, 0.2) is 0 Å². The fraction of sp³-hybridized carbons (Fsp3) is 0.364. The molecule has 28 heavy (non-hydrogen) atoms. The zero-order valence-electron chi connectivity index (χ0n) is 16.3. The number of hydrogen-bond donors (Lipinski definition) is 1. The third-order valence-corrected chi connectivity index (χ3v) is 4.81. The minimum Gasteiger partial charge on any atom is -0.450 e. The maximum absolute atomic E-state index is 12.2. The molecule has 2 amide bonds. The van der Waals surface area contributed by atoms with Gasteiger partial charge in [-0.2, -0.15) is 0 Å². The summed E-state index contributed by atoms with van der Waals surface area (Å²) < 4.78 is 5.05. The Morgan fingerprint density at radius 1 is 0.964 bits per heavy atom. The van der Waals surface area contributed by atoms with Crippen LogP contribution in [0, 0.1) is 0 Å². The molecule has 1 heterocycles. The van der Waals surface area contributed by atoms with Crippen LogP contribution in [-0.2, 0) is 16.0 Å². The summed E-state index contributed by atoms with van der Waals surface area (Å²) in [4.78, 5) is 27.9. The first-order valence-electron chi connectivity index (χ1n) is 9.76. The van der Waals surface area contributed by atoms with Crippen molar-refractivity contribution in [2.45, 2.75) is 19.8 Å². The van der Waals surface area contributed by atoms with Gasteiger partial charge in [-0.1, -0.05) is 30.3 Å². The van der Waals surface area contributed by atoms with Gasteiger partial charge in [0.25, 0.3) is 0 Å². The standard InChI is InChI=1S/C22H27N3O3/c1-2-28-22(27)25-16-14-24(15-17-25)20-11-9-19(10-12-20)23-21(26)13-8-18-6-4-3-5-7-18/h3-7,9-12H,2,8,13-17H2,1H3,(H,23,26). The van der Waals surface area contributed by atoms with E-state index in [4.69, 9.17) is 4.74 Å². The molecule has 1 saturated heterocycles. The lowest BCUT2D eigenvalue weighted by Gasteiger charge is -2.35. The predicted molar refractivity (Wildman–Crippen MR) is 111 cm³/mol. The number of benzene rings is 2. The number of hydrogen-bond acceptors (Lipinski definition) is 4. The van der Waals surface area contributed by atoms with Gasteiger partial charge in [0, 0.05) is 44.0 Å². The molecule has 1 fully saturated rings. The minimum atomic E-state index is -0.240. The number of nitrogens with one attached hydrogen (secondary N) is 1. The van der Waals surface area contributed by atoms with Gasteiger partial charge in [0.1, 0.15) is 0 Å². The van der Waals surface area contributed by atoms with Gasteiger partial charge >= 0.3 is 6.09 Å². The summed E-state index contributed by atoms with van der Waals surface area (Å²) in [7, 11) is 0. The van der Waals surface area contributed by atoms with Crippen LogP contribution in [0.15, 0.2) is 54.6 Å². The zero-order chi connectivity index (χ0) is 19.8. The first kappa shape index (κ1) is 19.7. The van der Waals surface area contributed by atoms with Crippen molar-refractivity contribution in [1.29, 1.82) is 0 Å². The molecule has 0 radical (unpaired) electrons. The fourth-order valence-electron chi connectivity index (χ4n) is 3.24. The highest BCUT2D eigenvalue weighted by Crippen LogP contribution is 2.20. The molecule has 3 rings (SSSR count). The Morgan fingerprint density at radius 2 is 1.64 bits per heavy atom. The Kier molecular flexibility index (Phi) is 6.89. The lowest BCUT2D eigenvalue weighted by atomic mass is 10.1. The van der Waals surface area contributed by atoms with Crippen LogP contribution < -0.4 is 10.2 Å². The molecule has 1 aliphatic heterocycles. The van der Waals surface area contributed by atoms with Crippen LogP contribution in [0.1, 0.15) is 18.9 Å². The second-order valence-corrected chi connectivity index (χ2v) is 6.75. The largest absolute Gasteiger partial charge is 0.450 e. The number of aryl methyl sites for hydroxylation is 1. The van der Waals surface area contributed by atoms with E-state index in [9.17, 15) is 9.59 Å². The first-order chi connectivity index (χ1) is 13.7. The average molecular weight is 381 g/mol. The average Bonchev–Trinajstić information content (AvgIpc) is 2.74. The highest BCUT2D eigenvalue weighted by atomic mass is 16.6. The van der Waals surface area contributed by atoms with E-state index >= 15 is 0 Å². The third kappa shape index (κ3) is 5.49. The van der Waals surface area contributed by atoms with Crippen molar-refractivity contribution < 1.29 is 14.3 Å². The minimum absolute atomic E-state index is 0.0136. The molecule has 0 saturated carbocycles. The molecule has 2 aromatic carbocycles. The van der Waals surface area contributed by atoms with Crippen LogP contribution in [0.3, 0.4) is 0 Å². The van der Waals surface area contributed by atoms with Gasteiger partial charge in [0.05, 0.1) is 6.61 Å². The molecule has 1 N–H and O–H groups in total. The topological polar surface area (TPSA) is 61.9 Å². The number of anilines is 2. The molecule has 2 aromatic rings. The summed E-state index contributed by atoms with van der Waals surface area (Å²) >= 11 is 0. The second kappa shape index (κ2) is 9.78. The Balaban J connectivity index is 1.46. The van der Waals surface area contributed by atoms with Crippen molar-refractivity contribution in [3.63, 3.8) is 0 Å². The summed E-state index contributed by atoms with van der Waals surface area (Å²) in [5.41, 5.74) is 3.05. The van der Waals surface area contributed by atoms with E-state index in [2.05, 4.69) is 10.2 Å².